The molecule has 0 aliphatic rings. The first-order chi connectivity index (χ1) is 12.0. The second-order valence-corrected chi connectivity index (χ2v) is 6.63. The minimum Gasteiger partial charge on any atom is -0.480 e. The molecule has 2 heterocycles. The Labute approximate surface area is 146 Å². The summed E-state index contributed by atoms with van der Waals surface area (Å²) < 4.78 is 1.75. The van der Waals surface area contributed by atoms with Crippen molar-refractivity contribution >= 4 is 22.6 Å². The second-order valence-electron chi connectivity index (χ2n) is 6.63. The molecule has 1 unspecified atom stereocenters. The largest absolute Gasteiger partial charge is 0.480 e. The van der Waals surface area contributed by atoms with Crippen LogP contribution >= 0.6 is 0 Å². The number of aryl methyl sites for hydroxylation is 1. The van der Waals surface area contributed by atoms with Crippen molar-refractivity contribution in [2.45, 2.75) is 26.3 Å². The predicted octanol–water partition coefficient (Wildman–Crippen LogP) is 3.55. The fourth-order valence-corrected chi connectivity index (χ4v) is 2.96. The smallest absolute Gasteiger partial charge is 0.326 e. The zero-order valence-corrected chi connectivity index (χ0v) is 14.6. The number of aromatic nitrogens is 3. The van der Waals surface area contributed by atoms with Crippen molar-refractivity contribution in [3.8, 4) is 11.1 Å². The Bertz CT molecular complexity index is 901. The van der Waals surface area contributed by atoms with E-state index in [1.807, 2.05) is 51.4 Å². The van der Waals surface area contributed by atoms with E-state index in [4.69, 9.17) is 0 Å². The van der Waals surface area contributed by atoms with Crippen LogP contribution in [0.5, 0.6) is 0 Å². The Morgan fingerprint density at radius 1 is 1.24 bits per heavy atom. The molecule has 0 radical (unpaired) electrons. The van der Waals surface area contributed by atoms with Gasteiger partial charge in [-0.2, -0.15) is 5.10 Å². The molecule has 0 saturated carbocycles. The predicted molar refractivity (Wildman–Crippen MR) is 98.4 cm³/mol. The van der Waals surface area contributed by atoms with Crippen LogP contribution < -0.4 is 5.32 Å². The number of nitrogens with one attached hydrogen (secondary N) is 1. The van der Waals surface area contributed by atoms with Gasteiger partial charge in [0, 0.05) is 36.0 Å². The first kappa shape index (κ1) is 17.0. The maximum absolute atomic E-state index is 11.6. The fraction of sp³-hybridized carbons (Fsp3) is 0.316. The van der Waals surface area contributed by atoms with Gasteiger partial charge in [0.25, 0.3) is 0 Å². The van der Waals surface area contributed by atoms with Crippen molar-refractivity contribution in [2.75, 3.05) is 5.32 Å². The molecule has 0 spiro atoms. The first-order valence-corrected chi connectivity index (χ1v) is 8.32. The van der Waals surface area contributed by atoms with Crippen LogP contribution in [0.15, 0.2) is 42.9 Å². The van der Waals surface area contributed by atoms with Crippen molar-refractivity contribution in [3.63, 3.8) is 0 Å². The third-order valence-corrected chi connectivity index (χ3v) is 4.13. The SMILES string of the molecule is CC(C)CC(Nc1ncc(-c2cnn(C)c2)c2ccccc12)C(=O)O. The van der Waals surface area contributed by atoms with Gasteiger partial charge in [-0.25, -0.2) is 9.78 Å². The van der Waals surface area contributed by atoms with Crippen LogP contribution in [0.4, 0.5) is 5.82 Å². The molecule has 0 bridgehead atoms. The first-order valence-electron chi connectivity index (χ1n) is 8.32. The summed E-state index contributed by atoms with van der Waals surface area (Å²) in [6, 6.07) is 7.21. The Morgan fingerprint density at radius 3 is 2.56 bits per heavy atom. The van der Waals surface area contributed by atoms with Gasteiger partial charge in [0.05, 0.1) is 6.20 Å². The molecule has 2 aromatic heterocycles. The summed E-state index contributed by atoms with van der Waals surface area (Å²) in [5, 5.41) is 18.7. The summed E-state index contributed by atoms with van der Waals surface area (Å²) in [4.78, 5) is 16.1. The van der Waals surface area contributed by atoms with Gasteiger partial charge in [0.1, 0.15) is 11.9 Å². The lowest BCUT2D eigenvalue weighted by Crippen LogP contribution is -2.31. The highest BCUT2D eigenvalue weighted by atomic mass is 16.4. The number of anilines is 1. The highest BCUT2D eigenvalue weighted by molar-refractivity contribution is 6.02. The Balaban J connectivity index is 2.04. The Kier molecular flexibility index (Phi) is 4.70. The van der Waals surface area contributed by atoms with E-state index in [1.165, 1.54) is 0 Å². The molecule has 0 aliphatic carbocycles. The summed E-state index contributed by atoms with van der Waals surface area (Å²) in [5.41, 5.74) is 1.96. The number of aliphatic carboxylic acids is 1. The number of carbonyl (C=O) groups is 1. The van der Waals surface area contributed by atoms with Crippen molar-refractivity contribution in [3.05, 3.63) is 42.9 Å². The number of nitrogens with zero attached hydrogens (tertiary/aromatic N) is 3. The summed E-state index contributed by atoms with van der Waals surface area (Å²) in [6.45, 7) is 4.02. The number of carboxylic acids is 1. The Morgan fingerprint density at radius 2 is 1.96 bits per heavy atom. The highest BCUT2D eigenvalue weighted by Gasteiger charge is 2.20. The maximum Gasteiger partial charge on any atom is 0.326 e. The average molecular weight is 338 g/mol. The number of pyridine rings is 1. The van der Waals surface area contributed by atoms with Gasteiger partial charge in [-0.05, 0) is 17.7 Å². The van der Waals surface area contributed by atoms with Gasteiger partial charge in [-0.1, -0.05) is 38.1 Å². The molecule has 0 fully saturated rings. The standard InChI is InChI=1S/C19H22N4O2/c1-12(2)8-17(19(24)25)22-18-15-7-5-4-6-14(15)16(10-20-18)13-9-21-23(3)11-13/h4-7,9-12,17H,8H2,1-3H3,(H,20,22)(H,24,25). The molecular formula is C19H22N4O2. The lowest BCUT2D eigenvalue weighted by atomic mass is 10.0. The molecule has 25 heavy (non-hydrogen) atoms. The number of benzene rings is 1. The molecule has 130 valence electrons. The van der Waals surface area contributed by atoms with Crippen LogP contribution in [-0.2, 0) is 11.8 Å². The lowest BCUT2D eigenvalue weighted by molar-refractivity contribution is -0.138. The number of carboxylic acid groups (broad SMARTS) is 1. The van der Waals surface area contributed by atoms with Crippen LogP contribution in [-0.4, -0.2) is 31.9 Å². The number of hydrogen-bond acceptors (Lipinski definition) is 4. The van der Waals surface area contributed by atoms with Crippen LogP contribution in [0.1, 0.15) is 20.3 Å². The van der Waals surface area contributed by atoms with E-state index in [9.17, 15) is 9.90 Å². The molecular weight excluding hydrogens is 316 g/mol. The molecule has 3 aromatic rings. The number of hydrogen-bond donors (Lipinski definition) is 2. The summed E-state index contributed by atoms with van der Waals surface area (Å²) >= 11 is 0. The highest BCUT2D eigenvalue weighted by Crippen LogP contribution is 2.31. The van der Waals surface area contributed by atoms with E-state index in [-0.39, 0.29) is 5.92 Å². The van der Waals surface area contributed by atoms with Crippen LogP contribution in [0.25, 0.3) is 21.9 Å². The third-order valence-electron chi connectivity index (χ3n) is 4.13. The average Bonchev–Trinajstić information content (AvgIpc) is 3.00. The molecule has 3 rings (SSSR count). The van der Waals surface area contributed by atoms with E-state index in [2.05, 4.69) is 15.4 Å². The van der Waals surface area contributed by atoms with Crippen LogP contribution in [0.2, 0.25) is 0 Å². The summed E-state index contributed by atoms with van der Waals surface area (Å²) in [5.74, 6) is 0.00161. The van der Waals surface area contributed by atoms with Gasteiger partial charge in [0.15, 0.2) is 0 Å². The molecule has 6 heteroatoms. The van der Waals surface area contributed by atoms with Crippen molar-refractivity contribution < 1.29 is 9.90 Å². The van der Waals surface area contributed by atoms with Crippen molar-refractivity contribution in [1.29, 1.82) is 0 Å². The van der Waals surface area contributed by atoms with Crippen molar-refractivity contribution in [2.24, 2.45) is 13.0 Å². The topological polar surface area (TPSA) is 80.0 Å². The molecule has 1 atom stereocenters. The van der Waals surface area contributed by atoms with E-state index in [1.54, 1.807) is 17.1 Å². The van der Waals surface area contributed by atoms with Gasteiger partial charge >= 0.3 is 5.97 Å². The molecule has 1 aromatic carbocycles. The molecule has 6 nitrogen and oxygen atoms in total. The molecule has 0 saturated heterocycles. The monoisotopic (exact) mass is 338 g/mol. The van der Waals surface area contributed by atoms with E-state index >= 15 is 0 Å². The summed E-state index contributed by atoms with van der Waals surface area (Å²) in [7, 11) is 1.87. The van der Waals surface area contributed by atoms with E-state index in [0.29, 0.717) is 12.2 Å². The number of rotatable bonds is 6. The Hall–Kier alpha value is -2.89. The minimum absolute atomic E-state index is 0.273. The molecule has 0 aliphatic heterocycles. The van der Waals surface area contributed by atoms with Gasteiger partial charge < -0.3 is 10.4 Å². The van der Waals surface area contributed by atoms with Gasteiger partial charge in [-0.15, -0.1) is 0 Å². The quantitative estimate of drug-likeness (QED) is 0.718. The number of fused-ring (bicyclic) bond motifs is 1. The molecule has 2 N–H and O–H groups in total. The molecule has 0 amide bonds. The second kappa shape index (κ2) is 6.93. The normalized spacial score (nSPS) is 12.5. The summed E-state index contributed by atoms with van der Waals surface area (Å²) in [6.07, 6.45) is 6.05. The zero-order chi connectivity index (χ0) is 18.0. The van der Waals surface area contributed by atoms with Crippen LogP contribution in [0, 0.1) is 5.92 Å². The van der Waals surface area contributed by atoms with Crippen molar-refractivity contribution in [1.82, 2.24) is 14.8 Å². The van der Waals surface area contributed by atoms with Crippen LogP contribution in [0.3, 0.4) is 0 Å². The minimum atomic E-state index is -0.865. The van der Waals surface area contributed by atoms with Gasteiger partial charge in [0.2, 0.25) is 0 Å². The third kappa shape index (κ3) is 3.63. The zero-order valence-electron chi connectivity index (χ0n) is 14.6. The van der Waals surface area contributed by atoms with Gasteiger partial charge in [-0.3, -0.25) is 4.68 Å². The maximum atomic E-state index is 11.6. The fourth-order valence-electron chi connectivity index (χ4n) is 2.96. The lowest BCUT2D eigenvalue weighted by Gasteiger charge is -2.19. The van der Waals surface area contributed by atoms with E-state index < -0.39 is 12.0 Å². The van der Waals surface area contributed by atoms with E-state index in [0.717, 1.165) is 21.9 Å².